The second-order valence-electron chi connectivity index (χ2n) is 6.16. The number of tetrazole rings is 1. The first kappa shape index (κ1) is 13.3. The molecule has 0 atom stereocenters. The van der Waals surface area contributed by atoms with E-state index in [1.807, 2.05) is 4.68 Å². The van der Waals surface area contributed by atoms with Gasteiger partial charge in [-0.1, -0.05) is 23.2 Å². The van der Waals surface area contributed by atoms with Crippen molar-refractivity contribution >= 4 is 28.9 Å². The zero-order chi connectivity index (χ0) is 14.6. The number of rotatable bonds is 4. The molecule has 0 unspecified atom stereocenters. The Morgan fingerprint density at radius 1 is 1.29 bits per heavy atom. The molecule has 0 amide bonds. The Morgan fingerprint density at radius 3 is 2.67 bits per heavy atom. The van der Waals surface area contributed by atoms with E-state index in [1.54, 1.807) is 12.1 Å². The fourth-order valence-electron chi connectivity index (χ4n) is 3.11. The molecule has 0 bridgehead atoms. The van der Waals surface area contributed by atoms with Crippen LogP contribution < -0.4 is 5.73 Å². The van der Waals surface area contributed by atoms with E-state index in [9.17, 15) is 0 Å². The normalized spacial score (nSPS) is 19.7. The number of nitrogens with zero attached hydrogens (tertiary/aromatic N) is 4. The first-order chi connectivity index (χ1) is 10.1. The molecule has 0 aliphatic heterocycles. The van der Waals surface area contributed by atoms with Crippen LogP contribution in [0.5, 0.6) is 0 Å². The number of nitrogens with two attached hydrogens (primary N) is 1. The average molecular weight is 324 g/mol. The second-order valence-corrected chi connectivity index (χ2v) is 6.94. The molecule has 5 nitrogen and oxygen atoms in total. The molecule has 0 spiro atoms. The second kappa shape index (κ2) is 4.58. The van der Waals surface area contributed by atoms with Crippen LogP contribution in [-0.4, -0.2) is 20.2 Å². The quantitative estimate of drug-likeness (QED) is 0.875. The zero-order valence-electron chi connectivity index (χ0n) is 11.4. The number of anilines is 1. The van der Waals surface area contributed by atoms with Gasteiger partial charge in [0.1, 0.15) is 0 Å². The highest BCUT2D eigenvalue weighted by molar-refractivity contribution is 6.43. The van der Waals surface area contributed by atoms with Crippen LogP contribution in [0.3, 0.4) is 0 Å². The van der Waals surface area contributed by atoms with Gasteiger partial charge in [0.25, 0.3) is 0 Å². The highest BCUT2D eigenvalue weighted by Gasteiger charge is 2.54. The predicted molar refractivity (Wildman–Crippen MR) is 82.1 cm³/mol. The highest BCUT2D eigenvalue weighted by atomic mass is 35.5. The molecule has 2 saturated carbocycles. The molecule has 2 fully saturated rings. The third kappa shape index (κ3) is 2.28. The lowest BCUT2D eigenvalue weighted by molar-refractivity contribution is 0.348. The summed E-state index contributed by atoms with van der Waals surface area (Å²) in [5, 5.41) is 12.9. The van der Waals surface area contributed by atoms with Crippen molar-refractivity contribution in [3.63, 3.8) is 0 Å². The van der Waals surface area contributed by atoms with Crippen molar-refractivity contribution in [3.8, 4) is 11.4 Å². The lowest BCUT2D eigenvalue weighted by atomic mass is 10.0. The summed E-state index contributed by atoms with van der Waals surface area (Å²) in [4.78, 5) is 0. The van der Waals surface area contributed by atoms with E-state index in [4.69, 9.17) is 28.9 Å². The largest absolute Gasteiger partial charge is 0.397 e. The maximum Gasteiger partial charge on any atom is 0.182 e. The van der Waals surface area contributed by atoms with Crippen molar-refractivity contribution in [1.82, 2.24) is 20.2 Å². The minimum Gasteiger partial charge on any atom is -0.397 e. The minimum atomic E-state index is 0.371. The molecular weight excluding hydrogens is 309 g/mol. The molecular formula is C14H15Cl2N5. The van der Waals surface area contributed by atoms with Crippen molar-refractivity contribution in [1.29, 1.82) is 0 Å². The Kier molecular flexibility index (Phi) is 2.91. The molecule has 0 saturated heterocycles. The van der Waals surface area contributed by atoms with Gasteiger partial charge in [0.2, 0.25) is 0 Å². The summed E-state index contributed by atoms with van der Waals surface area (Å²) < 4.78 is 1.88. The maximum atomic E-state index is 6.10. The van der Waals surface area contributed by atoms with E-state index < -0.39 is 0 Å². The number of hydrogen-bond acceptors (Lipinski definition) is 4. The monoisotopic (exact) mass is 323 g/mol. The predicted octanol–water partition coefficient (Wildman–Crippen LogP) is 3.42. The van der Waals surface area contributed by atoms with Gasteiger partial charge in [-0.15, -0.1) is 5.10 Å². The van der Waals surface area contributed by atoms with Crippen LogP contribution in [0.1, 0.15) is 25.7 Å². The molecule has 1 aromatic heterocycles. The molecule has 2 aromatic rings. The van der Waals surface area contributed by atoms with Crippen molar-refractivity contribution in [3.05, 3.63) is 22.2 Å². The summed E-state index contributed by atoms with van der Waals surface area (Å²) >= 11 is 12.1. The third-order valence-corrected chi connectivity index (χ3v) is 5.46. The van der Waals surface area contributed by atoms with Gasteiger partial charge in [-0.2, -0.15) is 0 Å². The van der Waals surface area contributed by atoms with E-state index >= 15 is 0 Å². The smallest absolute Gasteiger partial charge is 0.182 e. The van der Waals surface area contributed by atoms with Gasteiger partial charge < -0.3 is 5.73 Å². The van der Waals surface area contributed by atoms with Gasteiger partial charge in [-0.25, -0.2) is 4.68 Å². The Bertz CT molecular complexity index is 680. The maximum absolute atomic E-state index is 6.10. The van der Waals surface area contributed by atoms with Crippen molar-refractivity contribution in [2.45, 2.75) is 32.2 Å². The standard InChI is InChI=1S/C14H15Cl2N5/c15-10-5-8(6-11(17)12(10)16)13-18-19-20-21(13)7-14(3-4-14)9-1-2-9/h5-6,9H,1-4,7,17H2. The SMILES string of the molecule is Nc1cc(-c2nnnn2CC2(C3CC3)CC2)cc(Cl)c1Cl. The van der Waals surface area contributed by atoms with Gasteiger partial charge in [-0.3, -0.25) is 0 Å². The van der Waals surface area contributed by atoms with Crippen LogP contribution in [0, 0.1) is 11.3 Å². The van der Waals surface area contributed by atoms with Gasteiger partial charge >= 0.3 is 0 Å². The molecule has 1 aromatic carbocycles. The van der Waals surface area contributed by atoms with Crippen molar-refractivity contribution < 1.29 is 0 Å². The minimum absolute atomic E-state index is 0.371. The number of hydrogen-bond donors (Lipinski definition) is 1. The summed E-state index contributed by atoms with van der Waals surface area (Å²) in [6, 6.07) is 3.53. The molecule has 4 rings (SSSR count). The molecule has 7 heteroatoms. The Balaban J connectivity index is 1.69. The van der Waals surface area contributed by atoms with Gasteiger partial charge in [0.05, 0.1) is 22.3 Å². The summed E-state index contributed by atoms with van der Waals surface area (Å²) in [7, 11) is 0. The lowest BCUT2D eigenvalue weighted by Gasteiger charge is -2.15. The zero-order valence-corrected chi connectivity index (χ0v) is 12.9. The molecule has 110 valence electrons. The van der Waals surface area contributed by atoms with Crippen LogP contribution in [0.15, 0.2) is 12.1 Å². The Hall–Kier alpha value is -1.33. The van der Waals surface area contributed by atoms with Crippen molar-refractivity contribution in [2.24, 2.45) is 11.3 Å². The molecule has 21 heavy (non-hydrogen) atoms. The molecule has 2 N–H and O–H groups in total. The van der Waals surface area contributed by atoms with Crippen LogP contribution in [0.2, 0.25) is 10.0 Å². The summed E-state index contributed by atoms with van der Waals surface area (Å²) in [5.41, 5.74) is 7.55. The average Bonchev–Trinajstić information content (AvgIpc) is 3.34. The first-order valence-electron chi connectivity index (χ1n) is 7.10. The fourth-order valence-corrected chi connectivity index (χ4v) is 3.44. The van der Waals surface area contributed by atoms with Gasteiger partial charge in [0.15, 0.2) is 5.82 Å². The molecule has 0 radical (unpaired) electrons. The molecule has 1 heterocycles. The van der Waals surface area contributed by atoms with Crippen molar-refractivity contribution in [2.75, 3.05) is 5.73 Å². The van der Waals surface area contributed by atoms with E-state index in [2.05, 4.69) is 15.5 Å². The van der Waals surface area contributed by atoms with Gasteiger partial charge in [-0.05, 0) is 59.6 Å². The molecule has 2 aliphatic carbocycles. The molecule has 2 aliphatic rings. The highest BCUT2D eigenvalue weighted by Crippen LogP contribution is 2.62. The summed E-state index contributed by atoms with van der Waals surface area (Å²) in [5.74, 6) is 1.56. The van der Waals surface area contributed by atoms with Crippen LogP contribution in [-0.2, 0) is 6.54 Å². The Morgan fingerprint density at radius 2 is 2.05 bits per heavy atom. The lowest BCUT2D eigenvalue weighted by Crippen LogP contribution is -2.16. The van der Waals surface area contributed by atoms with Crippen LogP contribution in [0.4, 0.5) is 5.69 Å². The topological polar surface area (TPSA) is 69.6 Å². The van der Waals surface area contributed by atoms with E-state index in [0.717, 1.165) is 18.0 Å². The third-order valence-electron chi connectivity index (χ3n) is 4.65. The number of nitrogen functional groups attached to an aromatic ring is 1. The summed E-state index contributed by atoms with van der Waals surface area (Å²) in [6.07, 6.45) is 5.25. The first-order valence-corrected chi connectivity index (χ1v) is 7.86. The van der Waals surface area contributed by atoms with Gasteiger partial charge in [0, 0.05) is 5.56 Å². The van der Waals surface area contributed by atoms with E-state index in [0.29, 0.717) is 27.0 Å². The summed E-state index contributed by atoms with van der Waals surface area (Å²) in [6.45, 7) is 0.875. The van der Waals surface area contributed by atoms with Crippen LogP contribution >= 0.6 is 23.2 Å². The van der Waals surface area contributed by atoms with E-state index in [-0.39, 0.29) is 0 Å². The van der Waals surface area contributed by atoms with Crippen LogP contribution in [0.25, 0.3) is 11.4 Å². The number of benzene rings is 1. The fraction of sp³-hybridized carbons (Fsp3) is 0.500. The van der Waals surface area contributed by atoms with E-state index in [1.165, 1.54) is 25.7 Å². The Labute approximate surface area is 132 Å². The number of aromatic nitrogens is 4. The number of halogens is 2.